The number of pyridine rings is 2. The summed E-state index contributed by atoms with van der Waals surface area (Å²) >= 11 is 0. The Morgan fingerprint density at radius 3 is 2.52 bits per heavy atom. The Balaban J connectivity index is 0.000000290. The number of benzene rings is 1. The Hall–Kier alpha value is -3.79. The number of hydrogen-bond donors (Lipinski definition) is 1. The zero-order valence-electron chi connectivity index (χ0n) is 15.5. The number of hydrogen-bond acceptors (Lipinski definition) is 4. The van der Waals surface area contributed by atoms with Crippen molar-refractivity contribution >= 4 is 6.09 Å². The van der Waals surface area contributed by atoms with Gasteiger partial charge in [0.25, 0.3) is 0 Å². The Kier molecular flexibility index (Phi) is 6.15. The number of amides is 1. The van der Waals surface area contributed by atoms with Crippen LogP contribution in [0, 0.1) is 23.5 Å². The molecule has 1 aliphatic heterocycles. The highest BCUT2D eigenvalue weighted by atomic mass is 19.1. The summed E-state index contributed by atoms with van der Waals surface area (Å²) in [4.78, 5) is 19.2. The van der Waals surface area contributed by atoms with Crippen molar-refractivity contribution in [3.05, 3.63) is 95.6 Å². The summed E-state index contributed by atoms with van der Waals surface area (Å²) in [5, 5.41) is 2.73. The van der Waals surface area contributed by atoms with E-state index in [1.165, 1.54) is 30.5 Å². The van der Waals surface area contributed by atoms with Crippen LogP contribution < -0.4 is 5.32 Å². The normalized spacial score (nSPS) is 17.1. The molecule has 1 atom stereocenters. The first kappa shape index (κ1) is 20.0. The van der Waals surface area contributed by atoms with Crippen molar-refractivity contribution in [2.24, 2.45) is 0 Å². The average molecular weight is 393 g/mol. The standard InChI is InChI=1S/C16H12FN3O2.C6H5F/c1-16(10-22-15(21)20-16)12-7-11(8-18-9-12)4-5-14-13(17)3-2-6-19-14;7-6-4-2-1-3-5-6/h2-3,6-9H,10H2,1H3,(H,20,21);1-5H/t16-;/m0./s1. The molecule has 0 saturated carbocycles. The van der Waals surface area contributed by atoms with E-state index in [4.69, 9.17) is 4.74 Å². The van der Waals surface area contributed by atoms with Gasteiger partial charge in [0, 0.05) is 29.7 Å². The number of carbonyl (C=O) groups excluding carboxylic acids is 1. The predicted molar refractivity (Wildman–Crippen MR) is 103 cm³/mol. The molecule has 0 aliphatic carbocycles. The number of nitrogens with one attached hydrogen (secondary N) is 1. The molecule has 1 aromatic carbocycles. The van der Waals surface area contributed by atoms with Crippen molar-refractivity contribution in [1.29, 1.82) is 0 Å². The van der Waals surface area contributed by atoms with Crippen LogP contribution in [0.4, 0.5) is 13.6 Å². The van der Waals surface area contributed by atoms with E-state index in [1.807, 2.05) is 6.92 Å². The van der Waals surface area contributed by atoms with Crippen LogP contribution in [0.25, 0.3) is 0 Å². The molecule has 1 amide bonds. The van der Waals surface area contributed by atoms with E-state index in [0.717, 1.165) is 5.56 Å². The fraction of sp³-hybridized carbons (Fsp3) is 0.136. The molecule has 1 aliphatic rings. The summed E-state index contributed by atoms with van der Waals surface area (Å²) < 4.78 is 30.3. The number of cyclic esters (lactones) is 1. The van der Waals surface area contributed by atoms with Crippen LogP contribution in [0.2, 0.25) is 0 Å². The lowest BCUT2D eigenvalue weighted by Gasteiger charge is -2.20. The van der Waals surface area contributed by atoms with Gasteiger partial charge in [-0.1, -0.05) is 24.1 Å². The number of rotatable bonds is 1. The molecule has 29 heavy (non-hydrogen) atoms. The summed E-state index contributed by atoms with van der Waals surface area (Å²) in [5.74, 6) is 4.85. The molecule has 1 saturated heterocycles. The number of halogens is 2. The number of carbonyl (C=O) groups is 1. The maximum absolute atomic E-state index is 13.5. The van der Waals surface area contributed by atoms with Crippen LogP contribution in [-0.4, -0.2) is 22.7 Å². The summed E-state index contributed by atoms with van der Waals surface area (Å²) in [7, 11) is 0. The monoisotopic (exact) mass is 393 g/mol. The van der Waals surface area contributed by atoms with E-state index < -0.39 is 17.4 Å². The van der Waals surface area contributed by atoms with Gasteiger partial charge >= 0.3 is 6.09 Å². The van der Waals surface area contributed by atoms with E-state index >= 15 is 0 Å². The van der Waals surface area contributed by atoms with E-state index in [0.29, 0.717) is 5.56 Å². The molecule has 0 unspecified atom stereocenters. The molecule has 0 bridgehead atoms. The maximum atomic E-state index is 13.5. The highest BCUT2D eigenvalue weighted by Crippen LogP contribution is 2.25. The fourth-order valence-corrected chi connectivity index (χ4v) is 2.50. The van der Waals surface area contributed by atoms with Crippen LogP contribution in [-0.2, 0) is 10.3 Å². The molecule has 7 heteroatoms. The molecule has 3 aromatic rings. The lowest BCUT2D eigenvalue weighted by Crippen LogP contribution is -2.37. The van der Waals surface area contributed by atoms with Gasteiger partial charge in [-0.05, 0) is 43.2 Å². The Bertz CT molecular complexity index is 1060. The van der Waals surface area contributed by atoms with Crippen LogP contribution >= 0.6 is 0 Å². The zero-order valence-corrected chi connectivity index (χ0v) is 15.5. The SMILES string of the molecule is C[C@@]1(c2cncc(C#Cc3ncccc3F)c2)COC(=O)N1.Fc1ccccc1. The highest BCUT2D eigenvalue weighted by molar-refractivity contribution is 5.71. The van der Waals surface area contributed by atoms with Crippen molar-refractivity contribution in [2.45, 2.75) is 12.5 Å². The van der Waals surface area contributed by atoms with Crippen LogP contribution in [0.1, 0.15) is 23.7 Å². The van der Waals surface area contributed by atoms with Crippen molar-refractivity contribution in [3.63, 3.8) is 0 Å². The molecule has 1 fully saturated rings. The first-order valence-electron chi connectivity index (χ1n) is 8.70. The topological polar surface area (TPSA) is 64.1 Å². The maximum Gasteiger partial charge on any atom is 0.408 e. The number of ether oxygens (including phenoxy) is 1. The minimum atomic E-state index is -0.641. The van der Waals surface area contributed by atoms with Gasteiger partial charge in [-0.15, -0.1) is 0 Å². The molecule has 146 valence electrons. The van der Waals surface area contributed by atoms with E-state index in [1.54, 1.807) is 36.7 Å². The lowest BCUT2D eigenvalue weighted by molar-refractivity contribution is 0.173. The number of alkyl carbamates (subject to hydrolysis) is 1. The lowest BCUT2D eigenvalue weighted by atomic mass is 9.94. The third-order valence-electron chi connectivity index (χ3n) is 4.06. The average Bonchev–Trinajstić information content (AvgIpc) is 3.09. The van der Waals surface area contributed by atoms with E-state index in [9.17, 15) is 13.6 Å². The quantitative estimate of drug-likeness (QED) is 0.639. The van der Waals surface area contributed by atoms with Gasteiger partial charge in [0.2, 0.25) is 0 Å². The minimum Gasteiger partial charge on any atom is -0.447 e. The molecular formula is C22H17F2N3O2. The number of aromatic nitrogens is 2. The molecule has 1 N–H and O–H groups in total. The van der Waals surface area contributed by atoms with Crippen LogP contribution in [0.15, 0.2) is 67.1 Å². The summed E-state index contributed by atoms with van der Waals surface area (Å²) in [6.45, 7) is 2.06. The van der Waals surface area contributed by atoms with E-state index in [2.05, 4.69) is 27.1 Å². The van der Waals surface area contributed by atoms with Gasteiger partial charge in [-0.25, -0.2) is 18.6 Å². The minimum absolute atomic E-state index is 0.0802. The molecular weight excluding hydrogens is 376 g/mol. The predicted octanol–water partition coefficient (Wildman–Crippen LogP) is 3.80. The number of nitrogens with zero attached hydrogens (tertiary/aromatic N) is 2. The summed E-state index contributed by atoms with van der Waals surface area (Å²) in [6.07, 6.45) is 4.23. The Morgan fingerprint density at radius 2 is 1.90 bits per heavy atom. The first-order chi connectivity index (χ1) is 14.0. The Morgan fingerprint density at radius 1 is 1.10 bits per heavy atom. The second-order valence-electron chi connectivity index (χ2n) is 6.37. The molecule has 0 spiro atoms. The molecule has 4 rings (SSSR count). The molecule has 5 nitrogen and oxygen atoms in total. The highest BCUT2D eigenvalue weighted by Gasteiger charge is 2.36. The summed E-state index contributed by atoms with van der Waals surface area (Å²) in [5.41, 5.74) is 0.811. The summed E-state index contributed by atoms with van der Waals surface area (Å²) in [6, 6.07) is 12.5. The largest absolute Gasteiger partial charge is 0.447 e. The molecule has 3 heterocycles. The second kappa shape index (κ2) is 8.93. The van der Waals surface area contributed by atoms with Gasteiger partial charge in [0.15, 0.2) is 5.82 Å². The van der Waals surface area contributed by atoms with Crippen molar-refractivity contribution in [1.82, 2.24) is 15.3 Å². The van der Waals surface area contributed by atoms with Crippen LogP contribution in [0.3, 0.4) is 0 Å². The molecule has 2 aromatic heterocycles. The zero-order chi connectivity index (χ0) is 20.7. The van der Waals surface area contributed by atoms with Crippen molar-refractivity contribution in [2.75, 3.05) is 6.61 Å². The van der Waals surface area contributed by atoms with Crippen LogP contribution in [0.5, 0.6) is 0 Å². The smallest absolute Gasteiger partial charge is 0.408 e. The van der Waals surface area contributed by atoms with Crippen molar-refractivity contribution in [3.8, 4) is 11.8 Å². The first-order valence-corrected chi connectivity index (χ1v) is 8.70. The van der Waals surface area contributed by atoms with Gasteiger partial charge in [0.05, 0.1) is 0 Å². The third kappa shape index (κ3) is 5.36. The van der Waals surface area contributed by atoms with Gasteiger partial charge in [0.1, 0.15) is 23.7 Å². The second-order valence-corrected chi connectivity index (χ2v) is 6.37. The van der Waals surface area contributed by atoms with Gasteiger partial charge in [-0.2, -0.15) is 0 Å². The Labute approximate surface area is 166 Å². The van der Waals surface area contributed by atoms with Gasteiger partial charge in [-0.3, -0.25) is 4.98 Å². The molecule has 0 radical (unpaired) electrons. The fourth-order valence-electron chi connectivity index (χ4n) is 2.50. The van der Waals surface area contributed by atoms with Crippen molar-refractivity contribution < 1.29 is 18.3 Å². The third-order valence-corrected chi connectivity index (χ3v) is 4.06. The van der Waals surface area contributed by atoms with E-state index in [-0.39, 0.29) is 18.1 Å². The van der Waals surface area contributed by atoms with Gasteiger partial charge < -0.3 is 10.1 Å².